The molecule has 1 N–H and O–H groups in total. The molecule has 0 radical (unpaired) electrons. The monoisotopic (exact) mass is 363 g/mol. The van der Waals surface area contributed by atoms with E-state index < -0.39 is 10.0 Å². The van der Waals surface area contributed by atoms with Gasteiger partial charge in [-0.05, 0) is 23.1 Å². The Morgan fingerprint density at radius 1 is 1.24 bits per heavy atom. The van der Waals surface area contributed by atoms with Gasteiger partial charge in [-0.25, -0.2) is 13.1 Å². The summed E-state index contributed by atoms with van der Waals surface area (Å²) in [6, 6.07) is 7.07. The molecule has 0 saturated heterocycles. The third-order valence-corrected chi connectivity index (χ3v) is 5.90. The average molecular weight is 363 g/mol. The molecule has 0 fully saturated rings. The molecule has 1 aromatic heterocycles. The van der Waals surface area contributed by atoms with E-state index in [1.54, 1.807) is 18.3 Å². The van der Waals surface area contributed by atoms with Gasteiger partial charge in [-0.15, -0.1) is 0 Å². The summed E-state index contributed by atoms with van der Waals surface area (Å²) in [6.07, 6.45) is 2.62. The van der Waals surface area contributed by atoms with Crippen molar-refractivity contribution in [1.82, 2.24) is 14.5 Å². The second-order valence-electron chi connectivity index (χ2n) is 7.31. The van der Waals surface area contributed by atoms with E-state index in [1.807, 2.05) is 16.8 Å². The van der Waals surface area contributed by atoms with Gasteiger partial charge < -0.3 is 4.74 Å². The molecule has 136 valence electrons. The van der Waals surface area contributed by atoms with Crippen LogP contribution >= 0.6 is 0 Å². The quantitative estimate of drug-likeness (QED) is 0.884. The van der Waals surface area contributed by atoms with Gasteiger partial charge in [0.25, 0.3) is 0 Å². The van der Waals surface area contributed by atoms with E-state index in [2.05, 4.69) is 30.6 Å². The van der Waals surface area contributed by atoms with Gasteiger partial charge in [0.05, 0.1) is 30.9 Å². The third kappa shape index (κ3) is 4.11. The van der Waals surface area contributed by atoms with Gasteiger partial charge in [0, 0.05) is 24.2 Å². The van der Waals surface area contributed by atoms with Gasteiger partial charge in [-0.2, -0.15) is 5.10 Å². The molecule has 7 heteroatoms. The summed E-state index contributed by atoms with van der Waals surface area (Å²) in [6.45, 7) is 8.39. The lowest BCUT2D eigenvalue weighted by Gasteiger charge is -2.19. The van der Waals surface area contributed by atoms with Crippen molar-refractivity contribution in [2.45, 2.75) is 50.7 Å². The van der Waals surface area contributed by atoms with E-state index in [4.69, 9.17) is 4.74 Å². The minimum Gasteiger partial charge on any atom is -0.376 e. The molecular weight excluding hydrogens is 338 g/mol. The highest BCUT2D eigenvalue weighted by atomic mass is 32.2. The van der Waals surface area contributed by atoms with Crippen LogP contribution in [-0.2, 0) is 39.7 Å². The highest BCUT2D eigenvalue weighted by molar-refractivity contribution is 7.89. The van der Waals surface area contributed by atoms with Crippen LogP contribution in [0.2, 0.25) is 0 Å². The van der Waals surface area contributed by atoms with Crippen molar-refractivity contribution >= 4 is 10.0 Å². The van der Waals surface area contributed by atoms with E-state index >= 15 is 0 Å². The lowest BCUT2D eigenvalue weighted by atomic mass is 9.87. The molecule has 2 heterocycles. The van der Waals surface area contributed by atoms with Crippen LogP contribution in [0.1, 0.15) is 37.6 Å². The van der Waals surface area contributed by atoms with Crippen LogP contribution in [0.5, 0.6) is 0 Å². The Hall–Kier alpha value is -1.70. The first-order chi connectivity index (χ1) is 11.8. The molecule has 1 aromatic carbocycles. The molecule has 3 rings (SSSR count). The Bertz CT molecular complexity index is 833. The van der Waals surface area contributed by atoms with Crippen LogP contribution in [0.4, 0.5) is 0 Å². The molecule has 6 nitrogen and oxygen atoms in total. The minimum absolute atomic E-state index is 0.00137. The normalized spacial score (nSPS) is 15.2. The summed E-state index contributed by atoms with van der Waals surface area (Å²) in [5.74, 6) is 0. The van der Waals surface area contributed by atoms with Crippen LogP contribution in [0.15, 0.2) is 35.4 Å². The van der Waals surface area contributed by atoms with Crippen LogP contribution in [-0.4, -0.2) is 31.3 Å². The summed E-state index contributed by atoms with van der Waals surface area (Å²) in [4.78, 5) is 0.288. The Morgan fingerprint density at radius 3 is 2.64 bits per heavy atom. The van der Waals surface area contributed by atoms with Crippen molar-refractivity contribution in [2.75, 3.05) is 13.2 Å². The van der Waals surface area contributed by atoms with Gasteiger partial charge in [0.15, 0.2) is 0 Å². The summed E-state index contributed by atoms with van der Waals surface area (Å²) in [5, 5.41) is 4.33. The summed E-state index contributed by atoms with van der Waals surface area (Å²) in [5.41, 5.74) is 3.34. The summed E-state index contributed by atoms with van der Waals surface area (Å²) < 4.78 is 34.8. The summed E-state index contributed by atoms with van der Waals surface area (Å²) in [7, 11) is -3.51. The maximum Gasteiger partial charge on any atom is 0.240 e. The fraction of sp³-hybridized carbons (Fsp3) is 0.500. The number of nitrogens with one attached hydrogen (secondary N) is 1. The van der Waals surface area contributed by atoms with Gasteiger partial charge in [0.2, 0.25) is 10.0 Å². The Balaban J connectivity index is 1.63. The second-order valence-corrected chi connectivity index (χ2v) is 9.08. The molecule has 0 unspecified atom stereocenters. The Labute approximate surface area is 149 Å². The van der Waals surface area contributed by atoms with Gasteiger partial charge >= 0.3 is 0 Å². The number of hydrogen-bond donors (Lipinski definition) is 1. The van der Waals surface area contributed by atoms with Crippen molar-refractivity contribution < 1.29 is 13.2 Å². The van der Waals surface area contributed by atoms with Gasteiger partial charge in [-0.1, -0.05) is 32.9 Å². The predicted octanol–water partition coefficient (Wildman–Crippen LogP) is 2.23. The maximum absolute atomic E-state index is 12.4. The number of hydrogen-bond acceptors (Lipinski definition) is 4. The fourth-order valence-electron chi connectivity index (χ4n) is 2.91. The van der Waals surface area contributed by atoms with Crippen molar-refractivity contribution in [3.05, 3.63) is 47.3 Å². The first kappa shape index (κ1) is 18.1. The molecular formula is C18H25N3O3S. The zero-order valence-electron chi connectivity index (χ0n) is 14.9. The third-order valence-electron chi connectivity index (χ3n) is 4.42. The van der Waals surface area contributed by atoms with Crippen molar-refractivity contribution in [3.63, 3.8) is 0 Å². The number of ether oxygens (including phenoxy) is 1. The van der Waals surface area contributed by atoms with E-state index in [0.717, 1.165) is 23.2 Å². The minimum atomic E-state index is -3.51. The zero-order chi connectivity index (χ0) is 18.1. The number of fused-ring (bicyclic) bond motifs is 1. The molecule has 0 atom stereocenters. The number of aromatic nitrogens is 2. The first-order valence-corrected chi connectivity index (χ1v) is 9.97. The molecule has 0 aliphatic carbocycles. The lowest BCUT2D eigenvalue weighted by Crippen LogP contribution is -2.28. The number of nitrogens with zero attached hydrogens (tertiary/aromatic N) is 2. The molecule has 1 aliphatic heterocycles. The molecule has 0 saturated carbocycles. The van der Waals surface area contributed by atoms with Crippen LogP contribution in [0.3, 0.4) is 0 Å². The van der Waals surface area contributed by atoms with Crippen LogP contribution in [0, 0.1) is 0 Å². The molecule has 2 aromatic rings. The Kier molecular flexibility index (Phi) is 4.99. The molecule has 0 amide bonds. The van der Waals surface area contributed by atoms with E-state index in [9.17, 15) is 8.42 Å². The SMILES string of the molecule is CC(C)(C)c1ccc(S(=O)(=O)NCCn2ncc3c2CCOC3)cc1. The number of sulfonamides is 1. The van der Waals surface area contributed by atoms with Crippen LogP contribution in [0.25, 0.3) is 0 Å². The molecule has 25 heavy (non-hydrogen) atoms. The van der Waals surface area contributed by atoms with Crippen molar-refractivity contribution in [1.29, 1.82) is 0 Å². The lowest BCUT2D eigenvalue weighted by molar-refractivity contribution is 0.109. The first-order valence-electron chi connectivity index (χ1n) is 8.49. The number of rotatable bonds is 5. The maximum atomic E-state index is 12.4. The predicted molar refractivity (Wildman–Crippen MR) is 95.9 cm³/mol. The van der Waals surface area contributed by atoms with E-state index in [0.29, 0.717) is 26.3 Å². The van der Waals surface area contributed by atoms with Gasteiger partial charge in [-0.3, -0.25) is 4.68 Å². The topological polar surface area (TPSA) is 73.2 Å². The van der Waals surface area contributed by atoms with E-state index in [-0.39, 0.29) is 10.3 Å². The van der Waals surface area contributed by atoms with Crippen molar-refractivity contribution in [2.24, 2.45) is 0 Å². The smallest absolute Gasteiger partial charge is 0.240 e. The Morgan fingerprint density at radius 2 is 1.96 bits per heavy atom. The molecule has 0 bridgehead atoms. The highest BCUT2D eigenvalue weighted by Gasteiger charge is 2.18. The average Bonchev–Trinajstić information content (AvgIpc) is 2.97. The van der Waals surface area contributed by atoms with Crippen LogP contribution < -0.4 is 4.72 Å². The van der Waals surface area contributed by atoms with E-state index in [1.165, 1.54) is 0 Å². The van der Waals surface area contributed by atoms with Gasteiger partial charge in [0.1, 0.15) is 0 Å². The highest BCUT2D eigenvalue weighted by Crippen LogP contribution is 2.23. The largest absolute Gasteiger partial charge is 0.376 e. The zero-order valence-corrected chi connectivity index (χ0v) is 15.8. The second kappa shape index (κ2) is 6.90. The van der Waals surface area contributed by atoms with Crippen molar-refractivity contribution in [3.8, 4) is 0 Å². The fourth-order valence-corrected chi connectivity index (χ4v) is 3.93. The summed E-state index contributed by atoms with van der Waals surface area (Å²) >= 11 is 0. The number of benzene rings is 1. The molecule has 1 aliphatic rings. The standard InChI is InChI=1S/C18H25N3O3S/c1-18(2,3)15-4-6-16(7-5-15)25(22,23)20-9-10-21-17-8-11-24-13-14(17)12-19-21/h4-7,12,20H,8-11,13H2,1-3H3. The molecule has 0 spiro atoms.